The second-order valence-corrected chi connectivity index (χ2v) is 6.23. The lowest BCUT2D eigenvalue weighted by molar-refractivity contribution is -0.137. The molecular formula is C19H18F3NO3. The van der Waals surface area contributed by atoms with E-state index in [0.717, 1.165) is 17.7 Å². The number of hydrogen-bond donors (Lipinski definition) is 2. The number of carbonyl (C=O) groups is 1. The highest BCUT2D eigenvalue weighted by atomic mass is 19.4. The second-order valence-electron chi connectivity index (χ2n) is 6.23. The number of halogens is 3. The van der Waals surface area contributed by atoms with Crippen LogP contribution in [0.15, 0.2) is 42.5 Å². The van der Waals surface area contributed by atoms with Gasteiger partial charge >= 0.3 is 6.18 Å². The van der Waals surface area contributed by atoms with E-state index in [1.54, 1.807) is 12.1 Å². The van der Waals surface area contributed by atoms with E-state index >= 15 is 0 Å². The molecule has 2 aromatic carbocycles. The molecule has 0 spiro atoms. The Morgan fingerprint density at radius 2 is 1.85 bits per heavy atom. The number of fused-ring (bicyclic) bond motifs is 1. The Balaban J connectivity index is 1.55. The Kier molecular flexibility index (Phi) is 5.18. The Hall–Kier alpha value is -2.54. The van der Waals surface area contributed by atoms with Gasteiger partial charge in [-0.2, -0.15) is 13.2 Å². The van der Waals surface area contributed by atoms with E-state index in [9.17, 15) is 23.1 Å². The largest absolute Gasteiger partial charge is 0.491 e. The summed E-state index contributed by atoms with van der Waals surface area (Å²) in [6, 6.07) is 10.0. The zero-order valence-electron chi connectivity index (χ0n) is 13.8. The quantitative estimate of drug-likeness (QED) is 0.852. The number of carbonyl (C=O) groups excluding carboxylic acids is 1. The van der Waals surface area contributed by atoms with Crippen LogP contribution in [0, 0.1) is 0 Å². The molecule has 7 heteroatoms. The summed E-state index contributed by atoms with van der Waals surface area (Å²) in [6.07, 6.45) is -3.92. The summed E-state index contributed by atoms with van der Waals surface area (Å²) in [5, 5.41) is 12.8. The van der Waals surface area contributed by atoms with Crippen LogP contribution < -0.4 is 10.1 Å². The number of amides is 1. The zero-order chi connectivity index (χ0) is 18.7. The fourth-order valence-electron chi connectivity index (χ4n) is 2.79. The van der Waals surface area contributed by atoms with Crippen LogP contribution in [-0.4, -0.2) is 23.7 Å². The molecule has 0 aromatic heterocycles. The van der Waals surface area contributed by atoms with E-state index in [-0.39, 0.29) is 18.9 Å². The number of rotatable bonds is 5. The smallest absolute Gasteiger partial charge is 0.416 e. The number of ether oxygens (including phenoxy) is 1. The van der Waals surface area contributed by atoms with Gasteiger partial charge in [-0.25, -0.2) is 0 Å². The van der Waals surface area contributed by atoms with E-state index in [0.29, 0.717) is 29.8 Å². The lowest BCUT2D eigenvalue weighted by atomic mass is 10.0. The van der Waals surface area contributed by atoms with Crippen LogP contribution in [0.4, 0.5) is 18.9 Å². The minimum absolute atomic E-state index is 0.00620. The van der Waals surface area contributed by atoms with E-state index < -0.39 is 17.8 Å². The molecule has 1 amide bonds. The van der Waals surface area contributed by atoms with Crippen molar-refractivity contribution in [2.75, 3.05) is 11.9 Å². The van der Waals surface area contributed by atoms with Crippen LogP contribution in [0.5, 0.6) is 5.75 Å². The van der Waals surface area contributed by atoms with Crippen molar-refractivity contribution in [3.8, 4) is 5.75 Å². The first-order valence-corrected chi connectivity index (χ1v) is 8.21. The van der Waals surface area contributed by atoms with Crippen LogP contribution in [0.3, 0.4) is 0 Å². The van der Waals surface area contributed by atoms with Crippen molar-refractivity contribution < 1.29 is 27.8 Å². The first-order chi connectivity index (χ1) is 12.3. The van der Waals surface area contributed by atoms with Crippen LogP contribution in [-0.2, 0) is 23.8 Å². The van der Waals surface area contributed by atoms with E-state index in [1.165, 1.54) is 12.1 Å². The van der Waals surface area contributed by atoms with Crippen LogP contribution >= 0.6 is 0 Å². The molecule has 1 atom stereocenters. The van der Waals surface area contributed by atoms with Gasteiger partial charge < -0.3 is 15.2 Å². The summed E-state index contributed by atoms with van der Waals surface area (Å²) < 4.78 is 43.2. The van der Waals surface area contributed by atoms with Gasteiger partial charge in [0.1, 0.15) is 12.4 Å². The minimum Gasteiger partial charge on any atom is -0.491 e. The van der Waals surface area contributed by atoms with E-state index in [4.69, 9.17) is 4.74 Å². The van der Waals surface area contributed by atoms with Crippen LogP contribution in [0.25, 0.3) is 0 Å². The predicted molar refractivity (Wildman–Crippen MR) is 90.0 cm³/mol. The average Bonchev–Trinajstić information content (AvgIpc) is 2.59. The maximum atomic E-state index is 12.5. The molecule has 4 nitrogen and oxygen atoms in total. The number of aliphatic hydroxyl groups excluding tert-OH is 1. The van der Waals surface area contributed by atoms with Crippen molar-refractivity contribution in [3.05, 3.63) is 59.2 Å². The molecule has 0 saturated heterocycles. The average molecular weight is 365 g/mol. The van der Waals surface area contributed by atoms with Gasteiger partial charge in [0.05, 0.1) is 11.7 Å². The second kappa shape index (κ2) is 7.37. The van der Waals surface area contributed by atoms with Gasteiger partial charge in [-0.3, -0.25) is 4.79 Å². The molecule has 0 radical (unpaired) electrons. The van der Waals surface area contributed by atoms with Crippen molar-refractivity contribution in [1.82, 2.24) is 0 Å². The van der Waals surface area contributed by atoms with E-state index in [2.05, 4.69) is 5.32 Å². The molecule has 0 bridgehead atoms. The molecule has 1 unspecified atom stereocenters. The molecule has 2 aromatic rings. The van der Waals surface area contributed by atoms with Gasteiger partial charge in [0.25, 0.3) is 0 Å². The standard InChI is InChI=1S/C19H18F3NO3/c20-19(21,22)14-5-1-12(2-6-14)9-15(24)11-26-16-7-3-13-4-8-18(25)23-17(13)10-16/h1-3,5-7,10,15,24H,4,8-9,11H2,(H,23,25). The van der Waals surface area contributed by atoms with E-state index in [1.807, 2.05) is 6.07 Å². The molecule has 3 rings (SSSR count). The molecule has 26 heavy (non-hydrogen) atoms. The molecule has 138 valence electrons. The van der Waals surface area contributed by atoms with Crippen molar-refractivity contribution >= 4 is 11.6 Å². The lowest BCUT2D eigenvalue weighted by Gasteiger charge is -2.18. The fraction of sp³-hybridized carbons (Fsp3) is 0.316. The van der Waals surface area contributed by atoms with Crippen molar-refractivity contribution in [3.63, 3.8) is 0 Å². The summed E-state index contributed by atoms with van der Waals surface area (Å²) in [7, 11) is 0. The van der Waals surface area contributed by atoms with Crippen molar-refractivity contribution in [2.45, 2.75) is 31.5 Å². The Morgan fingerprint density at radius 1 is 1.12 bits per heavy atom. The number of hydrogen-bond acceptors (Lipinski definition) is 3. The molecule has 2 N–H and O–H groups in total. The minimum atomic E-state index is -4.37. The third-order valence-corrected chi connectivity index (χ3v) is 4.17. The predicted octanol–water partition coefficient (Wildman–Crippen LogP) is 3.57. The molecule has 0 fully saturated rings. The molecule has 0 aliphatic carbocycles. The van der Waals surface area contributed by atoms with Crippen molar-refractivity contribution in [2.24, 2.45) is 0 Å². The van der Waals surface area contributed by atoms with Gasteiger partial charge in [-0.1, -0.05) is 18.2 Å². The Morgan fingerprint density at radius 3 is 2.54 bits per heavy atom. The van der Waals surface area contributed by atoms with Gasteiger partial charge in [-0.15, -0.1) is 0 Å². The number of alkyl halides is 3. The molecule has 1 heterocycles. The summed E-state index contributed by atoms with van der Waals surface area (Å²) in [4.78, 5) is 11.4. The van der Waals surface area contributed by atoms with Crippen LogP contribution in [0.2, 0.25) is 0 Å². The Labute approximate surface area is 148 Å². The third-order valence-electron chi connectivity index (χ3n) is 4.17. The number of aliphatic hydroxyl groups is 1. The third kappa shape index (κ3) is 4.54. The zero-order valence-corrected chi connectivity index (χ0v) is 13.8. The summed E-state index contributed by atoms with van der Waals surface area (Å²) in [6.45, 7) is -0.00620. The highest BCUT2D eigenvalue weighted by Gasteiger charge is 2.30. The van der Waals surface area contributed by atoms with Gasteiger partial charge in [0.15, 0.2) is 0 Å². The lowest BCUT2D eigenvalue weighted by Crippen LogP contribution is -2.21. The highest BCUT2D eigenvalue weighted by Crippen LogP contribution is 2.29. The summed E-state index contributed by atoms with van der Waals surface area (Å²) in [5.74, 6) is 0.467. The normalized spacial score (nSPS) is 15.2. The topological polar surface area (TPSA) is 58.6 Å². The molecule has 0 saturated carbocycles. The van der Waals surface area contributed by atoms with Gasteiger partial charge in [-0.05, 0) is 35.7 Å². The fourth-order valence-corrected chi connectivity index (χ4v) is 2.79. The van der Waals surface area contributed by atoms with Gasteiger partial charge in [0, 0.05) is 24.6 Å². The highest BCUT2D eigenvalue weighted by molar-refractivity contribution is 5.94. The Bertz CT molecular complexity index is 788. The number of aryl methyl sites for hydroxylation is 1. The first-order valence-electron chi connectivity index (χ1n) is 8.21. The number of benzene rings is 2. The number of anilines is 1. The molecule has 1 aliphatic rings. The van der Waals surface area contributed by atoms with Crippen molar-refractivity contribution in [1.29, 1.82) is 0 Å². The van der Waals surface area contributed by atoms with Gasteiger partial charge in [0.2, 0.25) is 5.91 Å². The summed E-state index contributed by atoms with van der Waals surface area (Å²) >= 11 is 0. The van der Waals surface area contributed by atoms with Crippen LogP contribution in [0.1, 0.15) is 23.1 Å². The molecule has 1 aliphatic heterocycles. The maximum absolute atomic E-state index is 12.5. The maximum Gasteiger partial charge on any atom is 0.416 e. The monoisotopic (exact) mass is 365 g/mol. The summed E-state index contributed by atoms with van der Waals surface area (Å²) in [5.41, 5.74) is 1.60. The SMILES string of the molecule is O=C1CCc2ccc(OCC(O)Cc3ccc(C(F)(F)F)cc3)cc2N1. The number of nitrogens with one attached hydrogen (secondary N) is 1. The molecular weight excluding hydrogens is 347 g/mol. The first kappa shape index (κ1) is 18.3.